The molecule has 0 aliphatic heterocycles. The van der Waals surface area contributed by atoms with Crippen molar-refractivity contribution in [2.75, 3.05) is 4.90 Å². The molecule has 0 bridgehead atoms. The fraction of sp³-hybridized carbons (Fsp3) is 0.0625. The molecule has 0 saturated heterocycles. The maximum atomic E-state index is 2.60. The fourth-order valence-corrected chi connectivity index (χ4v) is 11.1. The van der Waals surface area contributed by atoms with E-state index < -0.39 is 5.41 Å². The summed E-state index contributed by atoms with van der Waals surface area (Å²) in [4.78, 5) is 2.57. The van der Waals surface area contributed by atoms with Crippen LogP contribution in [0.3, 0.4) is 0 Å². The Morgan fingerprint density at radius 2 is 0.692 bits per heavy atom. The van der Waals surface area contributed by atoms with Gasteiger partial charge in [0.05, 0.1) is 11.1 Å². The van der Waals surface area contributed by atoms with Crippen LogP contribution in [0.1, 0.15) is 47.2 Å². The van der Waals surface area contributed by atoms with Crippen LogP contribution >= 0.6 is 0 Å². The van der Waals surface area contributed by atoms with Gasteiger partial charge in [0.25, 0.3) is 0 Å². The van der Waals surface area contributed by atoms with Crippen molar-refractivity contribution in [3.05, 3.63) is 282 Å². The Bertz CT molecular complexity index is 3210. The van der Waals surface area contributed by atoms with Gasteiger partial charge in [0.15, 0.2) is 0 Å². The molecule has 12 rings (SSSR count). The molecule has 1 heteroatoms. The average molecular weight is 830 g/mol. The van der Waals surface area contributed by atoms with Crippen LogP contribution in [0.4, 0.5) is 17.1 Å². The van der Waals surface area contributed by atoms with Crippen LogP contribution in [0, 0.1) is 0 Å². The maximum absolute atomic E-state index is 2.60. The van der Waals surface area contributed by atoms with E-state index in [0.717, 1.165) is 11.4 Å². The Morgan fingerprint density at radius 3 is 1.20 bits per heavy atom. The molecule has 10 aromatic carbocycles. The molecule has 0 unspecified atom stereocenters. The minimum Gasteiger partial charge on any atom is -0.309 e. The van der Waals surface area contributed by atoms with Crippen molar-refractivity contribution >= 4 is 17.1 Å². The summed E-state index contributed by atoms with van der Waals surface area (Å²) < 4.78 is 0. The van der Waals surface area contributed by atoms with Gasteiger partial charge < -0.3 is 4.90 Å². The Balaban J connectivity index is 1.24. The predicted molar refractivity (Wildman–Crippen MR) is 272 cm³/mol. The first-order valence-corrected chi connectivity index (χ1v) is 22.8. The molecule has 2 aliphatic carbocycles. The quantitative estimate of drug-likeness (QED) is 0.147. The number of hydrogen-bond acceptors (Lipinski definition) is 1. The third-order valence-electron chi connectivity index (χ3n) is 14.2. The minimum absolute atomic E-state index is 0.279. The van der Waals surface area contributed by atoms with Gasteiger partial charge in [-0.2, -0.15) is 0 Å². The molecule has 308 valence electrons. The van der Waals surface area contributed by atoms with Crippen molar-refractivity contribution in [3.63, 3.8) is 0 Å². The van der Waals surface area contributed by atoms with Gasteiger partial charge in [-0.3, -0.25) is 0 Å². The molecule has 2 aliphatic rings. The van der Waals surface area contributed by atoms with Gasteiger partial charge in [-0.25, -0.2) is 0 Å². The molecule has 10 aromatic rings. The normalized spacial score (nSPS) is 13.6. The largest absolute Gasteiger partial charge is 0.309 e. The third-order valence-corrected chi connectivity index (χ3v) is 14.2. The molecule has 0 amide bonds. The summed E-state index contributed by atoms with van der Waals surface area (Å²) in [6.45, 7) is 4.84. The second kappa shape index (κ2) is 15.4. The highest BCUT2D eigenvalue weighted by atomic mass is 15.1. The highest BCUT2D eigenvalue weighted by molar-refractivity contribution is 6.07. The van der Waals surface area contributed by atoms with Gasteiger partial charge in [0.1, 0.15) is 0 Å². The first-order chi connectivity index (χ1) is 32.0. The van der Waals surface area contributed by atoms with Crippen molar-refractivity contribution < 1.29 is 0 Å². The lowest BCUT2D eigenvalue weighted by Crippen LogP contribution is -2.29. The Kier molecular flexibility index (Phi) is 9.14. The Hall–Kier alpha value is -8.00. The number of anilines is 3. The van der Waals surface area contributed by atoms with E-state index >= 15 is 0 Å². The summed E-state index contributed by atoms with van der Waals surface area (Å²) in [6, 6.07) is 92.2. The monoisotopic (exact) mass is 829 g/mol. The minimum atomic E-state index is -0.614. The number of fused-ring (bicyclic) bond motifs is 6. The maximum Gasteiger partial charge on any atom is 0.0714 e. The van der Waals surface area contributed by atoms with Crippen molar-refractivity contribution in [2.24, 2.45) is 0 Å². The number of benzene rings is 10. The molecular weight excluding hydrogens is 783 g/mol. The van der Waals surface area contributed by atoms with Crippen LogP contribution in [0.2, 0.25) is 0 Å². The topological polar surface area (TPSA) is 3.24 Å². The van der Waals surface area contributed by atoms with E-state index in [1.807, 2.05) is 0 Å². The van der Waals surface area contributed by atoms with Gasteiger partial charge in [0, 0.05) is 27.9 Å². The molecule has 0 aromatic heterocycles. The van der Waals surface area contributed by atoms with Crippen molar-refractivity contribution in [3.8, 4) is 55.6 Å². The average Bonchev–Trinajstić information content (AvgIpc) is 3.80. The van der Waals surface area contributed by atoms with E-state index in [-0.39, 0.29) is 5.41 Å². The zero-order valence-corrected chi connectivity index (χ0v) is 36.6. The number of hydrogen-bond donors (Lipinski definition) is 0. The van der Waals surface area contributed by atoms with Crippen molar-refractivity contribution in [1.29, 1.82) is 0 Å². The molecule has 0 heterocycles. The van der Waals surface area contributed by atoms with Gasteiger partial charge >= 0.3 is 0 Å². The zero-order valence-electron chi connectivity index (χ0n) is 36.6. The number of rotatable bonds is 8. The van der Waals surface area contributed by atoms with Gasteiger partial charge in [-0.15, -0.1) is 0 Å². The highest BCUT2D eigenvalue weighted by Crippen LogP contribution is 2.65. The van der Waals surface area contributed by atoms with Crippen LogP contribution in [-0.4, -0.2) is 0 Å². The lowest BCUT2D eigenvalue weighted by atomic mass is 9.66. The lowest BCUT2D eigenvalue weighted by Gasteiger charge is -2.36. The summed E-state index contributed by atoms with van der Waals surface area (Å²) in [7, 11) is 0. The smallest absolute Gasteiger partial charge is 0.0714 e. The molecule has 0 atom stereocenters. The molecule has 0 spiro atoms. The van der Waals surface area contributed by atoms with Crippen LogP contribution in [0.15, 0.2) is 249 Å². The third kappa shape index (κ3) is 6.07. The molecule has 0 fully saturated rings. The van der Waals surface area contributed by atoms with E-state index in [1.54, 1.807) is 0 Å². The highest BCUT2D eigenvalue weighted by Gasteiger charge is 2.51. The summed E-state index contributed by atoms with van der Waals surface area (Å²) in [6.07, 6.45) is 0. The molecule has 0 N–H and O–H groups in total. The molecule has 0 radical (unpaired) electrons. The molecule has 0 saturated carbocycles. The molecule has 1 nitrogen and oxygen atoms in total. The Labute approximate surface area is 382 Å². The second-order valence-electron chi connectivity index (χ2n) is 18.0. The first kappa shape index (κ1) is 38.7. The summed E-state index contributed by atoms with van der Waals surface area (Å²) >= 11 is 0. The first-order valence-electron chi connectivity index (χ1n) is 22.8. The van der Waals surface area contributed by atoms with Gasteiger partial charge in [0.2, 0.25) is 0 Å². The van der Waals surface area contributed by atoms with E-state index in [1.165, 1.54) is 94.7 Å². The van der Waals surface area contributed by atoms with E-state index in [2.05, 4.69) is 267 Å². The van der Waals surface area contributed by atoms with Gasteiger partial charge in [-0.05, 0) is 108 Å². The Morgan fingerprint density at radius 1 is 0.292 bits per heavy atom. The van der Waals surface area contributed by atoms with Crippen LogP contribution < -0.4 is 4.90 Å². The van der Waals surface area contributed by atoms with Crippen LogP contribution in [0.25, 0.3) is 55.6 Å². The van der Waals surface area contributed by atoms with E-state index in [0.29, 0.717) is 0 Å². The molecular formula is C64H47N. The standard InChI is InChI=1S/C64H47N/c1-63(2)56-31-19-18-30-54(56)60-58(63)43-59-61(55-42-49(46-24-12-5-13-25-46)36-41-57(55)64(59,50-26-14-6-15-27-50)51-28-16-7-17-29-51)62(60)65(52-37-32-47(33-38-52)44-20-8-3-9-21-44)53-39-34-48(35-40-53)45-22-10-4-11-23-45/h3-43H,1-2H3. The van der Waals surface area contributed by atoms with Crippen LogP contribution in [-0.2, 0) is 10.8 Å². The van der Waals surface area contributed by atoms with E-state index in [9.17, 15) is 0 Å². The zero-order chi connectivity index (χ0) is 43.5. The van der Waals surface area contributed by atoms with Crippen molar-refractivity contribution in [2.45, 2.75) is 24.7 Å². The SMILES string of the molecule is CC1(C)c2ccccc2-c2c1cc1c(c2N(c2ccc(-c3ccccc3)cc2)c2ccc(-c3ccccc3)cc2)-c2cc(-c3ccccc3)ccc2C1(c1ccccc1)c1ccccc1. The van der Waals surface area contributed by atoms with Crippen molar-refractivity contribution in [1.82, 2.24) is 0 Å². The number of nitrogens with zero attached hydrogens (tertiary/aromatic N) is 1. The van der Waals surface area contributed by atoms with Crippen LogP contribution in [0.5, 0.6) is 0 Å². The summed E-state index contributed by atoms with van der Waals surface area (Å²) in [5.41, 5.74) is 22.6. The van der Waals surface area contributed by atoms with Gasteiger partial charge in [-0.1, -0.05) is 232 Å². The lowest BCUT2D eigenvalue weighted by molar-refractivity contribution is 0.656. The van der Waals surface area contributed by atoms with E-state index in [4.69, 9.17) is 0 Å². The summed E-state index contributed by atoms with van der Waals surface area (Å²) in [5, 5.41) is 0. The molecule has 65 heavy (non-hydrogen) atoms. The second-order valence-corrected chi connectivity index (χ2v) is 18.0. The predicted octanol–water partition coefficient (Wildman–Crippen LogP) is 16.8. The fourth-order valence-electron chi connectivity index (χ4n) is 11.1. The summed E-state index contributed by atoms with van der Waals surface area (Å²) in [5.74, 6) is 0.